The van der Waals surface area contributed by atoms with Crippen molar-refractivity contribution in [1.82, 2.24) is 15.6 Å². The lowest BCUT2D eigenvalue weighted by molar-refractivity contribution is -0.134. The summed E-state index contributed by atoms with van der Waals surface area (Å²) in [6.45, 7) is 0. The number of aromatic nitrogens is 1. The minimum atomic E-state index is -1.29. The van der Waals surface area contributed by atoms with E-state index in [1.165, 1.54) is 18.3 Å². The van der Waals surface area contributed by atoms with Gasteiger partial charge in [-0.05, 0) is 18.6 Å². The maximum Gasteiger partial charge on any atom is 0.356 e. The fraction of sp³-hybridized carbons (Fsp3) is 0.250. The number of aromatic carboxylic acids is 1. The second kappa shape index (κ2) is 5.99. The van der Waals surface area contributed by atoms with Crippen LogP contribution in [0.1, 0.15) is 23.3 Å². The van der Waals surface area contributed by atoms with Gasteiger partial charge >= 0.3 is 12.0 Å². The average molecular weight is 292 g/mol. The van der Waals surface area contributed by atoms with Crippen LogP contribution < -0.4 is 16.0 Å². The highest BCUT2D eigenvalue weighted by molar-refractivity contribution is 6.03. The number of carbonyl (C=O) groups excluding carboxylic acids is 3. The zero-order valence-electron chi connectivity index (χ0n) is 10.8. The average Bonchev–Trinajstić information content (AvgIpc) is 2.42. The summed E-state index contributed by atoms with van der Waals surface area (Å²) in [6, 6.07) is 1.25. The van der Waals surface area contributed by atoms with Gasteiger partial charge in [-0.3, -0.25) is 14.9 Å². The van der Waals surface area contributed by atoms with E-state index in [0.29, 0.717) is 0 Å². The van der Waals surface area contributed by atoms with Crippen molar-refractivity contribution in [3.63, 3.8) is 0 Å². The first-order valence-electron chi connectivity index (χ1n) is 6.07. The highest BCUT2D eigenvalue weighted by atomic mass is 16.4. The summed E-state index contributed by atoms with van der Waals surface area (Å²) in [5.74, 6) is -2.27. The first kappa shape index (κ1) is 14.4. The zero-order chi connectivity index (χ0) is 15.4. The molecule has 0 radical (unpaired) electrons. The molecular weight excluding hydrogens is 280 g/mol. The topological polar surface area (TPSA) is 137 Å². The monoisotopic (exact) mass is 292 g/mol. The van der Waals surface area contributed by atoms with Crippen LogP contribution in [0.25, 0.3) is 0 Å². The molecule has 0 spiro atoms. The van der Waals surface area contributed by atoms with Crippen LogP contribution in [0.15, 0.2) is 18.3 Å². The highest BCUT2D eigenvalue weighted by Gasteiger charge is 2.28. The van der Waals surface area contributed by atoms with Gasteiger partial charge in [0.1, 0.15) is 6.04 Å². The molecule has 2 rings (SSSR count). The van der Waals surface area contributed by atoms with Gasteiger partial charge in [-0.15, -0.1) is 0 Å². The molecule has 21 heavy (non-hydrogen) atoms. The summed E-state index contributed by atoms with van der Waals surface area (Å²) >= 11 is 0. The number of carboxylic acid groups (broad SMARTS) is 1. The lowest BCUT2D eigenvalue weighted by atomic mass is 10.1. The molecule has 0 saturated carbocycles. The number of nitrogens with zero attached hydrogens (tertiary/aromatic N) is 1. The van der Waals surface area contributed by atoms with Crippen LogP contribution in [-0.2, 0) is 9.59 Å². The standard InChI is InChI=1S/C12H12N4O5/c17-8-4-3-7(10(18)16-8)15-12(21)14-6-2-1-5-13-9(6)11(19)20/h1-2,5,7H,3-4H2,(H,19,20)(H2,14,15,21)(H,16,17,18). The molecule has 1 aliphatic rings. The third-order valence-corrected chi connectivity index (χ3v) is 2.80. The van der Waals surface area contributed by atoms with Crippen molar-refractivity contribution < 1.29 is 24.3 Å². The summed E-state index contributed by atoms with van der Waals surface area (Å²) in [4.78, 5) is 48.8. The Kier molecular flexibility index (Phi) is 4.12. The van der Waals surface area contributed by atoms with E-state index in [-0.39, 0.29) is 30.1 Å². The van der Waals surface area contributed by atoms with Crippen molar-refractivity contribution in [1.29, 1.82) is 0 Å². The molecule has 1 fully saturated rings. The first-order chi connectivity index (χ1) is 9.97. The Morgan fingerprint density at radius 3 is 2.81 bits per heavy atom. The number of carbonyl (C=O) groups is 4. The van der Waals surface area contributed by atoms with Gasteiger partial charge in [0.15, 0.2) is 5.69 Å². The minimum Gasteiger partial charge on any atom is -0.476 e. The molecule has 110 valence electrons. The van der Waals surface area contributed by atoms with Gasteiger partial charge in [0.2, 0.25) is 11.8 Å². The predicted molar refractivity (Wildman–Crippen MR) is 69.5 cm³/mol. The van der Waals surface area contributed by atoms with Crippen molar-refractivity contribution >= 4 is 29.5 Å². The Morgan fingerprint density at radius 2 is 2.14 bits per heavy atom. The molecule has 9 nitrogen and oxygen atoms in total. The van der Waals surface area contributed by atoms with Crippen LogP contribution in [0.5, 0.6) is 0 Å². The van der Waals surface area contributed by atoms with Gasteiger partial charge in [-0.25, -0.2) is 14.6 Å². The second-order valence-electron chi connectivity index (χ2n) is 4.31. The van der Waals surface area contributed by atoms with E-state index in [4.69, 9.17) is 5.11 Å². The number of hydrogen-bond donors (Lipinski definition) is 4. The van der Waals surface area contributed by atoms with Crippen molar-refractivity contribution in [3.05, 3.63) is 24.0 Å². The van der Waals surface area contributed by atoms with E-state index < -0.39 is 23.9 Å². The lowest BCUT2D eigenvalue weighted by Crippen LogP contribution is -2.53. The molecule has 0 aliphatic carbocycles. The number of carboxylic acids is 1. The fourth-order valence-electron chi connectivity index (χ4n) is 1.82. The van der Waals surface area contributed by atoms with E-state index >= 15 is 0 Å². The van der Waals surface area contributed by atoms with Gasteiger partial charge in [-0.1, -0.05) is 0 Å². The summed E-state index contributed by atoms with van der Waals surface area (Å²) < 4.78 is 0. The number of nitrogens with one attached hydrogen (secondary N) is 3. The van der Waals surface area contributed by atoms with Crippen LogP contribution in [0, 0.1) is 0 Å². The SMILES string of the molecule is O=C1CCC(NC(=O)Nc2cccnc2C(=O)O)C(=O)N1. The molecule has 1 aromatic rings. The van der Waals surface area contributed by atoms with Crippen molar-refractivity contribution in [2.24, 2.45) is 0 Å². The van der Waals surface area contributed by atoms with Crippen LogP contribution >= 0.6 is 0 Å². The summed E-state index contributed by atoms with van der Waals surface area (Å²) in [7, 11) is 0. The van der Waals surface area contributed by atoms with E-state index in [1.807, 2.05) is 0 Å². The third kappa shape index (κ3) is 3.53. The number of anilines is 1. The normalized spacial score (nSPS) is 17.8. The summed E-state index contributed by atoms with van der Waals surface area (Å²) in [6.07, 6.45) is 1.60. The predicted octanol–water partition coefficient (Wildman–Crippen LogP) is -0.293. The van der Waals surface area contributed by atoms with Crippen LogP contribution in [-0.4, -0.2) is 39.9 Å². The van der Waals surface area contributed by atoms with Gasteiger partial charge < -0.3 is 15.7 Å². The molecule has 4 N–H and O–H groups in total. The van der Waals surface area contributed by atoms with E-state index in [1.54, 1.807) is 0 Å². The molecule has 1 aliphatic heterocycles. The molecule has 1 aromatic heterocycles. The molecule has 9 heteroatoms. The number of hydrogen-bond acceptors (Lipinski definition) is 5. The lowest BCUT2D eigenvalue weighted by Gasteiger charge is -2.22. The Bertz CT molecular complexity index is 615. The number of amides is 4. The highest BCUT2D eigenvalue weighted by Crippen LogP contribution is 2.12. The summed E-state index contributed by atoms with van der Waals surface area (Å²) in [5, 5.41) is 15.7. The Hall–Kier alpha value is -2.97. The Labute approximate surface area is 118 Å². The first-order valence-corrected chi connectivity index (χ1v) is 6.07. The molecular formula is C12H12N4O5. The van der Waals surface area contributed by atoms with Crippen LogP contribution in [0.4, 0.5) is 10.5 Å². The van der Waals surface area contributed by atoms with Crippen molar-refractivity contribution in [3.8, 4) is 0 Å². The quantitative estimate of drug-likeness (QED) is 0.565. The molecule has 0 bridgehead atoms. The number of imide groups is 1. The Morgan fingerprint density at radius 1 is 1.38 bits per heavy atom. The molecule has 1 atom stereocenters. The number of pyridine rings is 1. The fourth-order valence-corrected chi connectivity index (χ4v) is 1.82. The van der Waals surface area contributed by atoms with Crippen LogP contribution in [0.2, 0.25) is 0 Å². The number of urea groups is 1. The molecule has 0 aromatic carbocycles. The zero-order valence-corrected chi connectivity index (χ0v) is 10.8. The van der Waals surface area contributed by atoms with Gasteiger partial charge in [0, 0.05) is 12.6 Å². The largest absolute Gasteiger partial charge is 0.476 e. The van der Waals surface area contributed by atoms with Crippen LogP contribution in [0.3, 0.4) is 0 Å². The van der Waals surface area contributed by atoms with Gasteiger partial charge in [0.05, 0.1) is 5.69 Å². The molecule has 2 heterocycles. The van der Waals surface area contributed by atoms with Gasteiger partial charge in [0.25, 0.3) is 0 Å². The third-order valence-electron chi connectivity index (χ3n) is 2.80. The second-order valence-corrected chi connectivity index (χ2v) is 4.31. The van der Waals surface area contributed by atoms with E-state index in [0.717, 1.165) is 0 Å². The number of rotatable bonds is 3. The summed E-state index contributed by atoms with van der Waals surface area (Å²) in [5.41, 5.74) is -0.300. The van der Waals surface area contributed by atoms with E-state index in [2.05, 4.69) is 20.9 Å². The Balaban J connectivity index is 2.01. The van der Waals surface area contributed by atoms with E-state index in [9.17, 15) is 19.2 Å². The molecule has 4 amide bonds. The minimum absolute atomic E-state index is 0.00907. The molecule has 1 unspecified atom stereocenters. The maximum absolute atomic E-state index is 11.8. The maximum atomic E-state index is 11.8. The number of piperidine rings is 1. The smallest absolute Gasteiger partial charge is 0.356 e. The van der Waals surface area contributed by atoms with Gasteiger partial charge in [-0.2, -0.15) is 0 Å². The van der Waals surface area contributed by atoms with Crippen molar-refractivity contribution in [2.45, 2.75) is 18.9 Å². The molecule has 1 saturated heterocycles. The van der Waals surface area contributed by atoms with Crippen molar-refractivity contribution in [2.75, 3.05) is 5.32 Å².